The molecule has 0 N–H and O–H groups in total. The number of ether oxygens (including phenoxy) is 1. The molecule has 0 bridgehead atoms. The molecule has 3 aromatic heterocycles. The Morgan fingerprint density at radius 3 is 2.95 bits per heavy atom. The minimum atomic E-state index is 0.453. The number of hydrogen-bond donors (Lipinski definition) is 0. The van der Waals surface area contributed by atoms with Crippen molar-refractivity contribution in [2.45, 2.75) is 6.92 Å². The Labute approximate surface area is 114 Å². The molecule has 0 amide bonds. The molecule has 0 aliphatic rings. The van der Waals surface area contributed by atoms with Crippen molar-refractivity contribution < 1.29 is 4.74 Å². The highest BCUT2D eigenvalue weighted by molar-refractivity contribution is 6.30. The lowest BCUT2D eigenvalue weighted by atomic mass is 10.2. The Morgan fingerprint density at radius 1 is 1.32 bits per heavy atom. The van der Waals surface area contributed by atoms with Crippen LogP contribution in [-0.4, -0.2) is 26.7 Å². The lowest BCUT2D eigenvalue weighted by Gasteiger charge is -2.06. The number of aromatic nitrogens is 4. The molecule has 0 radical (unpaired) electrons. The first-order valence-corrected chi connectivity index (χ1v) is 6.09. The van der Waals surface area contributed by atoms with Gasteiger partial charge >= 0.3 is 0 Å². The molecule has 19 heavy (non-hydrogen) atoms. The predicted octanol–water partition coefficient (Wildman–Crippen LogP) is 2.76. The summed E-state index contributed by atoms with van der Waals surface area (Å²) in [5.41, 5.74) is 3.25. The molecule has 3 heterocycles. The zero-order chi connectivity index (χ0) is 13.4. The maximum atomic E-state index is 6.07. The lowest BCUT2D eigenvalue weighted by molar-refractivity contribution is 0.399. The van der Waals surface area contributed by atoms with E-state index in [-0.39, 0.29) is 0 Å². The summed E-state index contributed by atoms with van der Waals surface area (Å²) in [6.45, 7) is 1.90. The van der Waals surface area contributed by atoms with Gasteiger partial charge in [-0.15, -0.1) is 0 Å². The van der Waals surface area contributed by atoms with Crippen molar-refractivity contribution in [1.29, 1.82) is 0 Å². The van der Waals surface area contributed by atoms with Crippen LogP contribution in [0.15, 0.2) is 30.6 Å². The van der Waals surface area contributed by atoms with Crippen LogP contribution in [0.2, 0.25) is 5.15 Å². The van der Waals surface area contributed by atoms with Crippen molar-refractivity contribution in [3.63, 3.8) is 0 Å². The fourth-order valence-corrected chi connectivity index (χ4v) is 2.05. The molecule has 0 atom stereocenters. The van der Waals surface area contributed by atoms with E-state index in [1.54, 1.807) is 24.0 Å². The second-order valence-corrected chi connectivity index (χ2v) is 4.45. The SMILES string of the molecule is COc1ncccc1-c1cnc2cc(C)c(Cl)nn12. The smallest absolute Gasteiger partial charge is 0.222 e. The van der Waals surface area contributed by atoms with Crippen molar-refractivity contribution in [3.8, 4) is 17.1 Å². The number of hydrogen-bond acceptors (Lipinski definition) is 4. The summed E-state index contributed by atoms with van der Waals surface area (Å²) in [6.07, 6.45) is 3.41. The second-order valence-electron chi connectivity index (χ2n) is 4.09. The normalized spacial score (nSPS) is 10.9. The van der Waals surface area contributed by atoms with Crippen LogP contribution in [0.5, 0.6) is 5.88 Å². The number of pyridine rings is 1. The fraction of sp³-hybridized carbons (Fsp3) is 0.154. The molecule has 5 nitrogen and oxygen atoms in total. The third-order valence-corrected chi connectivity index (χ3v) is 3.24. The molecular formula is C13H11ClN4O. The van der Waals surface area contributed by atoms with E-state index in [0.29, 0.717) is 11.0 Å². The number of methoxy groups -OCH3 is 1. The third kappa shape index (κ3) is 1.92. The highest BCUT2D eigenvalue weighted by Crippen LogP contribution is 2.28. The van der Waals surface area contributed by atoms with Gasteiger partial charge < -0.3 is 4.74 Å². The van der Waals surface area contributed by atoms with Crippen LogP contribution < -0.4 is 4.74 Å². The van der Waals surface area contributed by atoms with Crippen molar-refractivity contribution in [2.24, 2.45) is 0 Å². The van der Waals surface area contributed by atoms with Gasteiger partial charge in [0.1, 0.15) is 0 Å². The topological polar surface area (TPSA) is 52.3 Å². The van der Waals surface area contributed by atoms with Crippen LogP contribution in [0.25, 0.3) is 16.9 Å². The first-order valence-electron chi connectivity index (χ1n) is 5.71. The van der Waals surface area contributed by atoms with E-state index in [1.807, 2.05) is 25.1 Å². The summed E-state index contributed by atoms with van der Waals surface area (Å²) >= 11 is 6.07. The van der Waals surface area contributed by atoms with Gasteiger partial charge in [-0.1, -0.05) is 11.6 Å². The number of nitrogens with zero attached hydrogens (tertiary/aromatic N) is 4. The summed E-state index contributed by atoms with van der Waals surface area (Å²) in [6, 6.07) is 5.64. The number of fused-ring (bicyclic) bond motifs is 1. The van der Waals surface area contributed by atoms with Crippen LogP contribution >= 0.6 is 11.6 Å². The van der Waals surface area contributed by atoms with Gasteiger partial charge in [-0.25, -0.2) is 14.5 Å². The molecule has 6 heteroatoms. The summed E-state index contributed by atoms with van der Waals surface area (Å²) in [5.74, 6) is 0.530. The Bertz CT molecular complexity index is 753. The lowest BCUT2D eigenvalue weighted by Crippen LogP contribution is -1.98. The van der Waals surface area contributed by atoms with E-state index in [0.717, 1.165) is 22.5 Å². The summed E-state index contributed by atoms with van der Waals surface area (Å²) < 4.78 is 6.95. The van der Waals surface area contributed by atoms with Crippen molar-refractivity contribution in [3.05, 3.63) is 41.3 Å². The molecule has 0 aliphatic heterocycles. The molecule has 0 unspecified atom stereocenters. The maximum absolute atomic E-state index is 6.07. The fourth-order valence-electron chi connectivity index (χ4n) is 1.92. The average molecular weight is 275 g/mol. The number of imidazole rings is 1. The maximum Gasteiger partial charge on any atom is 0.222 e. The Morgan fingerprint density at radius 2 is 2.16 bits per heavy atom. The molecule has 3 aromatic rings. The van der Waals surface area contributed by atoms with Crippen molar-refractivity contribution in [1.82, 2.24) is 19.6 Å². The molecule has 96 valence electrons. The average Bonchev–Trinajstić information content (AvgIpc) is 2.82. The minimum absolute atomic E-state index is 0.453. The molecule has 0 fully saturated rings. The molecule has 0 saturated carbocycles. The zero-order valence-corrected chi connectivity index (χ0v) is 11.2. The Balaban J connectivity index is 2.28. The summed E-state index contributed by atoms with van der Waals surface area (Å²) in [5, 5.41) is 4.78. The third-order valence-electron chi connectivity index (χ3n) is 2.86. The molecule has 3 rings (SSSR count). The monoisotopic (exact) mass is 274 g/mol. The molecule has 0 aliphatic carbocycles. The number of rotatable bonds is 2. The zero-order valence-electron chi connectivity index (χ0n) is 10.5. The Kier molecular flexibility index (Phi) is 2.83. The van der Waals surface area contributed by atoms with Crippen molar-refractivity contribution >= 4 is 17.2 Å². The largest absolute Gasteiger partial charge is 0.481 e. The number of aryl methyl sites for hydroxylation is 1. The van der Waals surface area contributed by atoms with Gasteiger partial charge in [0.2, 0.25) is 5.88 Å². The van der Waals surface area contributed by atoms with Crippen LogP contribution in [0, 0.1) is 6.92 Å². The molecule has 0 aromatic carbocycles. The van der Waals surface area contributed by atoms with E-state index >= 15 is 0 Å². The van der Waals surface area contributed by atoms with E-state index < -0.39 is 0 Å². The molecular weight excluding hydrogens is 264 g/mol. The predicted molar refractivity (Wildman–Crippen MR) is 72.5 cm³/mol. The quantitative estimate of drug-likeness (QED) is 0.721. The van der Waals surface area contributed by atoms with Crippen LogP contribution in [0.4, 0.5) is 0 Å². The van der Waals surface area contributed by atoms with Gasteiger partial charge in [-0.3, -0.25) is 0 Å². The van der Waals surface area contributed by atoms with E-state index in [4.69, 9.17) is 16.3 Å². The van der Waals surface area contributed by atoms with E-state index in [1.165, 1.54) is 0 Å². The van der Waals surface area contributed by atoms with Crippen LogP contribution in [0.1, 0.15) is 5.56 Å². The number of halogens is 1. The highest BCUT2D eigenvalue weighted by atomic mass is 35.5. The first-order chi connectivity index (χ1) is 9.20. The van der Waals surface area contributed by atoms with Crippen LogP contribution in [-0.2, 0) is 0 Å². The molecule has 0 saturated heterocycles. The van der Waals surface area contributed by atoms with E-state index in [2.05, 4.69) is 15.1 Å². The summed E-state index contributed by atoms with van der Waals surface area (Å²) in [7, 11) is 1.58. The van der Waals surface area contributed by atoms with Gasteiger partial charge in [-0.2, -0.15) is 5.10 Å². The van der Waals surface area contributed by atoms with Crippen LogP contribution in [0.3, 0.4) is 0 Å². The van der Waals surface area contributed by atoms with Crippen molar-refractivity contribution in [2.75, 3.05) is 7.11 Å². The van der Waals surface area contributed by atoms with Gasteiger partial charge in [0.15, 0.2) is 10.8 Å². The molecule has 0 spiro atoms. The minimum Gasteiger partial charge on any atom is -0.481 e. The first kappa shape index (κ1) is 11.9. The summed E-state index contributed by atoms with van der Waals surface area (Å²) in [4.78, 5) is 8.51. The second kappa shape index (κ2) is 4.51. The van der Waals surface area contributed by atoms with E-state index in [9.17, 15) is 0 Å². The standard InChI is InChI=1S/C13H11ClN4O/c1-8-6-11-16-7-10(18(11)17-12(8)14)9-4-3-5-15-13(9)19-2/h3-7H,1-2H3. The highest BCUT2D eigenvalue weighted by Gasteiger charge is 2.13. The van der Waals surface area contributed by atoms with Gasteiger partial charge in [0, 0.05) is 6.20 Å². The Hall–Kier alpha value is -2.14. The van der Waals surface area contributed by atoms with Gasteiger partial charge in [0.05, 0.1) is 24.6 Å². The van der Waals surface area contributed by atoms with Gasteiger partial charge in [0.25, 0.3) is 0 Å². The van der Waals surface area contributed by atoms with Gasteiger partial charge in [-0.05, 0) is 30.7 Å².